The number of nitrogens with zero attached hydrogens (tertiary/aromatic N) is 4. The van der Waals surface area contributed by atoms with Gasteiger partial charge in [0, 0.05) is 41.9 Å². The molecule has 2 aromatic heterocycles. The summed E-state index contributed by atoms with van der Waals surface area (Å²) in [5, 5.41) is 13.1. The quantitative estimate of drug-likeness (QED) is 0.284. The molecule has 1 unspecified atom stereocenters. The van der Waals surface area contributed by atoms with E-state index >= 15 is 4.39 Å². The molecule has 6 rings (SSSR count). The Labute approximate surface area is 237 Å². The molecule has 0 aliphatic carbocycles. The zero-order chi connectivity index (χ0) is 28.8. The molecule has 0 bridgehead atoms. The number of nitrogens with one attached hydrogen (secondary N) is 1. The van der Waals surface area contributed by atoms with E-state index in [2.05, 4.69) is 15.3 Å². The largest absolute Gasteiger partial charge is 0.485 e. The van der Waals surface area contributed by atoms with Crippen LogP contribution in [0.2, 0.25) is 0 Å². The highest BCUT2D eigenvalue weighted by molar-refractivity contribution is 7.22. The molecule has 0 radical (unpaired) electrons. The summed E-state index contributed by atoms with van der Waals surface area (Å²) < 4.78 is 27.2. The Morgan fingerprint density at radius 1 is 1.20 bits per heavy atom. The van der Waals surface area contributed by atoms with Crippen LogP contribution in [0.4, 0.5) is 14.9 Å². The zero-order valence-electron chi connectivity index (χ0n) is 22.3. The van der Waals surface area contributed by atoms with Crippen LogP contribution in [0.3, 0.4) is 0 Å². The number of carbonyl (C=O) groups excluding carboxylic acids is 1. The Kier molecular flexibility index (Phi) is 6.62. The van der Waals surface area contributed by atoms with E-state index in [9.17, 15) is 14.7 Å². The summed E-state index contributed by atoms with van der Waals surface area (Å²) >= 11 is 1.40. The van der Waals surface area contributed by atoms with E-state index < -0.39 is 18.0 Å². The van der Waals surface area contributed by atoms with Gasteiger partial charge in [0.05, 0.1) is 41.1 Å². The van der Waals surface area contributed by atoms with Gasteiger partial charge in [-0.2, -0.15) is 0 Å². The highest BCUT2D eigenvalue weighted by Gasteiger charge is 2.33. The van der Waals surface area contributed by atoms with Gasteiger partial charge < -0.3 is 19.9 Å². The van der Waals surface area contributed by atoms with Gasteiger partial charge in [-0.15, -0.1) is 11.3 Å². The molecular formula is C29H24FN5O5S. The Balaban J connectivity index is 1.33. The minimum Gasteiger partial charge on any atom is -0.485 e. The molecule has 0 spiro atoms. The van der Waals surface area contributed by atoms with Crippen LogP contribution < -0.4 is 19.7 Å². The van der Waals surface area contributed by atoms with Crippen molar-refractivity contribution in [3.63, 3.8) is 0 Å². The van der Waals surface area contributed by atoms with Crippen molar-refractivity contribution in [2.75, 3.05) is 25.6 Å². The van der Waals surface area contributed by atoms with Crippen molar-refractivity contribution in [2.45, 2.75) is 19.4 Å². The minimum absolute atomic E-state index is 0.0319. The number of carbonyl (C=O) groups is 2. The van der Waals surface area contributed by atoms with Gasteiger partial charge in [0.15, 0.2) is 11.6 Å². The summed E-state index contributed by atoms with van der Waals surface area (Å²) in [5.74, 6) is -0.319. The Morgan fingerprint density at radius 2 is 1.98 bits per heavy atom. The van der Waals surface area contributed by atoms with Gasteiger partial charge in [-0.3, -0.25) is 9.69 Å². The van der Waals surface area contributed by atoms with Gasteiger partial charge in [-0.25, -0.2) is 24.1 Å². The first-order chi connectivity index (χ1) is 19.7. The number of anilines is 1. The topological polar surface area (TPSA) is 127 Å². The van der Waals surface area contributed by atoms with Crippen LogP contribution in [-0.2, 0) is 6.42 Å². The van der Waals surface area contributed by atoms with E-state index in [-0.39, 0.29) is 18.2 Å². The number of benzene rings is 3. The predicted octanol–water partition coefficient (Wildman–Crippen LogP) is 5.21. The van der Waals surface area contributed by atoms with Gasteiger partial charge >= 0.3 is 6.09 Å². The Bertz CT molecular complexity index is 1840. The number of fused-ring (bicyclic) bond motifs is 4. The van der Waals surface area contributed by atoms with Crippen molar-refractivity contribution in [1.29, 1.82) is 0 Å². The summed E-state index contributed by atoms with van der Waals surface area (Å²) in [4.78, 5) is 38.9. The molecule has 0 saturated heterocycles. The number of halogens is 1. The number of methoxy groups -OCH3 is 1. The third-order valence-electron chi connectivity index (χ3n) is 6.89. The van der Waals surface area contributed by atoms with Crippen LogP contribution in [0.25, 0.3) is 31.8 Å². The fraction of sp³-hybridized carbons (Fsp3) is 0.207. The second-order valence-corrected chi connectivity index (χ2v) is 10.6. The van der Waals surface area contributed by atoms with Gasteiger partial charge in [0.25, 0.3) is 5.91 Å². The number of carboxylic acid groups (broad SMARTS) is 1. The van der Waals surface area contributed by atoms with Crippen LogP contribution >= 0.6 is 11.3 Å². The summed E-state index contributed by atoms with van der Waals surface area (Å²) in [6.07, 6.45) is 0.0390. The molecule has 2 N–H and O–H groups in total. The van der Waals surface area contributed by atoms with Crippen LogP contribution in [-0.4, -0.2) is 58.9 Å². The second-order valence-electron chi connectivity index (χ2n) is 9.59. The third kappa shape index (κ3) is 4.76. The highest BCUT2D eigenvalue weighted by Crippen LogP contribution is 2.43. The molecule has 2 amide bonds. The number of aryl methyl sites for hydroxylation is 1. The molecule has 0 fully saturated rings. The van der Waals surface area contributed by atoms with Crippen molar-refractivity contribution in [3.05, 3.63) is 71.2 Å². The first-order valence-electron chi connectivity index (χ1n) is 12.7. The Morgan fingerprint density at radius 3 is 2.68 bits per heavy atom. The highest BCUT2D eigenvalue weighted by atomic mass is 32.1. The Hall–Kier alpha value is -4.84. The second kappa shape index (κ2) is 10.3. The van der Waals surface area contributed by atoms with Crippen molar-refractivity contribution in [2.24, 2.45) is 0 Å². The van der Waals surface area contributed by atoms with Gasteiger partial charge in [-0.05, 0) is 48.9 Å². The smallest absolute Gasteiger partial charge is 0.411 e. The lowest BCUT2D eigenvalue weighted by molar-refractivity contribution is 0.0963. The molecule has 41 heavy (non-hydrogen) atoms. The lowest BCUT2D eigenvalue weighted by atomic mass is 10.1. The molecular weight excluding hydrogens is 549 g/mol. The molecule has 208 valence electrons. The molecule has 3 heterocycles. The molecule has 10 nitrogen and oxygen atoms in total. The molecule has 0 saturated carbocycles. The molecule has 3 aromatic carbocycles. The molecule has 1 aliphatic rings. The number of rotatable bonds is 6. The van der Waals surface area contributed by atoms with Gasteiger partial charge in [-0.1, -0.05) is 0 Å². The average molecular weight is 574 g/mol. The number of hydrogen-bond acceptors (Lipinski definition) is 8. The molecule has 1 atom stereocenters. The first kappa shape index (κ1) is 26.4. The van der Waals surface area contributed by atoms with Crippen molar-refractivity contribution >= 4 is 50.3 Å². The van der Waals surface area contributed by atoms with E-state index in [0.29, 0.717) is 50.7 Å². The van der Waals surface area contributed by atoms with E-state index in [4.69, 9.17) is 14.5 Å². The SMILES string of the molecule is CNC(=O)c1ccc(N(CC2Cc3c(c(F)cc4nc(-c5cc(C)cc6nc(OC)cnc56)sc34)O2)C(=O)O)cc1. The van der Waals surface area contributed by atoms with Crippen LogP contribution in [0.1, 0.15) is 21.5 Å². The third-order valence-corrected chi connectivity index (χ3v) is 8.06. The lowest BCUT2D eigenvalue weighted by Crippen LogP contribution is -2.38. The summed E-state index contributed by atoms with van der Waals surface area (Å²) in [7, 11) is 3.05. The predicted molar refractivity (Wildman–Crippen MR) is 153 cm³/mol. The fourth-order valence-electron chi connectivity index (χ4n) is 4.99. The maximum absolute atomic E-state index is 15.2. The monoisotopic (exact) mass is 573 g/mol. The van der Waals surface area contributed by atoms with E-state index in [0.717, 1.165) is 20.7 Å². The fourth-order valence-corrected chi connectivity index (χ4v) is 6.10. The van der Waals surface area contributed by atoms with Crippen molar-refractivity contribution in [1.82, 2.24) is 20.3 Å². The van der Waals surface area contributed by atoms with E-state index in [1.807, 2.05) is 19.1 Å². The summed E-state index contributed by atoms with van der Waals surface area (Å²) in [6.45, 7) is 1.92. The maximum Gasteiger partial charge on any atom is 0.411 e. The van der Waals surface area contributed by atoms with E-state index in [1.54, 1.807) is 30.5 Å². The zero-order valence-corrected chi connectivity index (χ0v) is 23.1. The molecule has 5 aromatic rings. The standard InChI is InChI=1S/C29H24FN5O5S/c1-14-8-18(24-21(9-14)33-23(39-3)12-32-24)28-34-22-11-20(30)25-19(26(22)41-28)10-17(40-25)13-35(29(37)38)16-6-4-15(5-7-16)27(36)31-2/h4-9,11-12,17H,10,13H2,1-3H3,(H,31,36)(H,37,38). The summed E-state index contributed by atoms with van der Waals surface area (Å²) in [5.41, 5.74) is 4.98. The van der Waals surface area contributed by atoms with Gasteiger partial charge in [0.1, 0.15) is 11.1 Å². The number of amides is 2. The number of thiazole rings is 1. The molecule has 12 heteroatoms. The van der Waals surface area contributed by atoms with Crippen LogP contribution in [0.5, 0.6) is 11.6 Å². The van der Waals surface area contributed by atoms with Crippen LogP contribution in [0, 0.1) is 12.7 Å². The van der Waals surface area contributed by atoms with Gasteiger partial charge in [0.2, 0.25) is 5.88 Å². The lowest BCUT2D eigenvalue weighted by Gasteiger charge is -2.23. The normalized spacial score (nSPS) is 14.1. The number of hydrogen-bond donors (Lipinski definition) is 2. The van der Waals surface area contributed by atoms with Crippen molar-refractivity contribution < 1.29 is 28.6 Å². The first-order valence-corrected chi connectivity index (χ1v) is 13.5. The average Bonchev–Trinajstić information content (AvgIpc) is 3.59. The number of aromatic nitrogens is 3. The summed E-state index contributed by atoms with van der Waals surface area (Å²) in [6, 6.07) is 11.4. The number of ether oxygens (including phenoxy) is 2. The maximum atomic E-state index is 15.2. The van der Waals surface area contributed by atoms with Crippen molar-refractivity contribution in [3.8, 4) is 22.2 Å². The molecule has 1 aliphatic heterocycles. The van der Waals surface area contributed by atoms with Crippen LogP contribution in [0.15, 0.2) is 48.7 Å². The minimum atomic E-state index is -1.19. The van der Waals surface area contributed by atoms with E-state index in [1.165, 1.54) is 31.6 Å².